The van der Waals surface area contributed by atoms with Gasteiger partial charge in [-0.15, -0.1) is 23.7 Å². The van der Waals surface area contributed by atoms with Gasteiger partial charge in [-0.25, -0.2) is 0 Å². The molecule has 0 aliphatic carbocycles. The Morgan fingerprint density at radius 2 is 1.72 bits per heavy atom. The molecule has 4 aromatic rings. The summed E-state index contributed by atoms with van der Waals surface area (Å²) in [5.41, 5.74) is 0.885. The maximum atomic E-state index is 10.6. The molecule has 0 saturated carbocycles. The lowest BCUT2D eigenvalue weighted by molar-refractivity contribution is 0.194. The van der Waals surface area contributed by atoms with Gasteiger partial charge < -0.3 is 23.7 Å². The number of ether oxygens (including phenoxy) is 2. The minimum atomic E-state index is 0. The third-order valence-electron chi connectivity index (χ3n) is 6.12. The summed E-state index contributed by atoms with van der Waals surface area (Å²) in [5, 5.41) is 11.7. The molecule has 36 heavy (non-hydrogen) atoms. The van der Waals surface area contributed by atoms with E-state index in [1.165, 1.54) is 54.5 Å². The van der Waals surface area contributed by atoms with Crippen LogP contribution in [-0.4, -0.2) is 43.4 Å². The molecule has 1 fully saturated rings. The van der Waals surface area contributed by atoms with E-state index in [1.807, 2.05) is 42.5 Å². The molecule has 190 valence electrons. The number of likely N-dealkylation sites (tertiary alicyclic amines) is 1. The van der Waals surface area contributed by atoms with E-state index in [0.29, 0.717) is 23.9 Å². The van der Waals surface area contributed by atoms with Gasteiger partial charge in [0.15, 0.2) is 11.5 Å². The van der Waals surface area contributed by atoms with Crippen molar-refractivity contribution in [3.8, 4) is 33.4 Å². The smallest absolute Gasteiger partial charge is 0.169 e. The highest BCUT2D eigenvalue weighted by Crippen LogP contribution is 2.44. The fourth-order valence-corrected chi connectivity index (χ4v) is 5.88. The second-order valence-corrected chi connectivity index (χ2v) is 10.5. The lowest BCUT2D eigenvalue weighted by atomic mass is 10.1. The standard InChI is InChI=1S/C28H29NO4S2.ClH/c1-31-25-19-24(30)26(18-23(25)28-17-20-7-3-4-8-27(20)34-28)33-21-9-11-22(12-10-21)35-32-16-15-29-13-5-2-6-14-29;/h3-4,7-12,17-19,30H,2,5-6,13-16H2,1H3;1H. The van der Waals surface area contributed by atoms with Crippen molar-refractivity contribution in [3.05, 3.63) is 66.7 Å². The van der Waals surface area contributed by atoms with E-state index in [1.54, 1.807) is 24.5 Å². The third kappa shape index (κ3) is 6.47. The summed E-state index contributed by atoms with van der Waals surface area (Å²) >= 11 is 3.07. The van der Waals surface area contributed by atoms with Gasteiger partial charge >= 0.3 is 0 Å². The summed E-state index contributed by atoms with van der Waals surface area (Å²) in [4.78, 5) is 4.54. The summed E-state index contributed by atoms with van der Waals surface area (Å²) in [7, 11) is 1.61. The van der Waals surface area contributed by atoms with Crippen LogP contribution in [0.5, 0.6) is 23.0 Å². The van der Waals surface area contributed by atoms with Crippen molar-refractivity contribution in [2.24, 2.45) is 0 Å². The number of halogens is 1. The van der Waals surface area contributed by atoms with Crippen LogP contribution in [0.3, 0.4) is 0 Å². The number of hydrogen-bond donors (Lipinski definition) is 1. The Morgan fingerprint density at radius 1 is 0.944 bits per heavy atom. The molecule has 1 N–H and O–H groups in total. The number of thiophene rings is 1. The number of nitrogens with zero attached hydrogens (tertiary/aromatic N) is 1. The Kier molecular flexibility index (Phi) is 9.40. The van der Waals surface area contributed by atoms with Gasteiger partial charge in [-0.3, -0.25) is 0 Å². The lowest BCUT2D eigenvalue weighted by Crippen LogP contribution is -2.32. The van der Waals surface area contributed by atoms with Crippen LogP contribution >= 0.6 is 35.8 Å². The molecule has 0 radical (unpaired) electrons. The van der Waals surface area contributed by atoms with Gasteiger partial charge in [0.1, 0.15) is 11.5 Å². The Bertz CT molecular complexity index is 1240. The Morgan fingerprint density at radius 3 is 2.47 bits per heavy atom. The monoisotopic (exact) mass is 543 g/mol. The predicted molar refractivity (Wildman–Crippen MR) is 151 cm³/mol. The zero-order valence-corrected chi connectivity index (χ0v) is 22.6. The zero-order chi connectivity index (χ0) is 24.0. The molecule has 0 bridgehead atoms. The summed E-state index contributed by atoms with van der Waals surface area (Å²) < 4.78 is 18.6. The number of piperidine rings is 1. The minimum absolute atomic E-state index is 0. The zero-order valence-electron chi connectivity index (χ0n) is 20.1. The van der Waals surface area contributed by atoms with E-state index < -0.39 is 0 Å². The molecule has 8 heteroatoms. The Labute approximate surface area is 226 Å². The molecule has 5 nitrogen and oxygen atoms in total. The molecule has 1 aromatic heterocycles. The average molecular weight is 544 g/mol. The second-order valence-electron chi connectivity index (χ2n) is 8.55. The summed E-state index contributed by atoms with van der Waals surface area (Å²) in [6.45, 7) is 4.06. The van der Waals surface area contributed by atoms with Crippen molar-refractivity contribution < 1.29 is 18.8 Å². The number of fused-ring (bicyclic) bond motifs is 1. The molecule has 0 unspecified atom stereocenters. The Balaban J connectivity index is 0.00000304. The molecule has 1 saturated heterocycles. The van der Waals surface area contributed by atoms with E-state index in [0.717, 1.165) is 21.9 Å². The van der Waals surface area contributed by atoms with E-state index in [9.17, 15) is 5.11 Å². The number of hydrogen-bond acceptors (Lipinski definition) is 7. The largest absolute Gasteiger partial charge is 0.504 e. The average Bonchev–Trinajstić information content (AvgIpc) is 3.33. The van der Waals surface area contributed by atoms with Crippen molar-refractivity contribution in [3.63, 3.8) is 0 Å². The maximum absolute atomic E-state index is 10.6. The molecule has 1 aliphatic rings. The van der Waals surface area contributed by atoms with Crippen LogP contribution < -0.4 is 9.47 Å². The van der Waals surface area contributed by atoms with Gasteiger partial charge in [-0.1, -0.05) is 24.6 Å². The van der Waals surface area contributed by atoms with Gasteiger partial charge in [0.05, 0.1) is 13.7 Å². The summed E-state index contributed by atoms with van der Waals surface area (Å²) in [6.07, 6.45) is 3.94. The molecule has 3 aromatic carbocycles. The van der Waals surface area contributed by atoms with E-state index in [-0.39, 0.29) is 18.2 Å². The molecule has 0 amide bonds. The number of rotatable bonds is 9. The molecule has 1 aliphatic heterocycles. The predicted octanol–water partition coefficient (Wildman–Crippen LogP) is 8.01. The Hall–Kier alpha value is -2.42. The topological polar surface area (TPSA) is 51.2 Å². The van der Waals surface area contributed by atoms with Crippen molar-refractivity contribution in [1.82, 2.24) is 4.90 Å². The molecule has 2 heterocycles. The first-order valence-electron chi connectivity index (χ1n) is 11.9. The van der Waals surface area contributed by atoms with Crippen LogP contribution in [0.2, 0.25) is 0 Å². The van der Waals surface area contributed by atoms with Gasteiger partial charge in [-0.2, -0.15) is 0 Å². The van der Waals surface area contributed by atoms with Crippen molar-refractivity contribution >= 4 is 45.9 Å². The van der Waals surface area contributed by atoms with Crippen LogP contribution in [0.25, 0.3) is 20.5 Å². The van der Waals surface area contributed by atoms with Crippen LogP contribution in [0.1, 0.15) is 19.3 Å². The lowest BCUT2D eigenvalue weighted by Gasteiger charge is -2.25. The van der Waals surface area contributed by atoms with Crippen LogP contribution in [0.4, 0.5) is 0 Å². The minimum Gasteiger partial charge on any atom is -0.504 e. The normalized spacial score (nSPS) is 13.9. The first kappa shape index (κ1) is 26.6. The highest BCUT2D eigenvalue weighted by molar-refractivity contribution is 7.94. The SMILES string of the molecule is COc1cc(O)c(Oc2ccc(SOCCN3CCCCC3)cc2)cc1-c1cc2ccccc2s1.Cl. The van der Waals surface area contributed by atoms with Crippen LogP contribution in [0, 0.1) is 0 Å². The summed E-state index contributed by atoms with van der Waals surface area (Å²) in [6, 6.07) is 21.6. The molecule has 0 spiro atoms. The van der Waals surface area contributed by atoms with Crippen molar-refractivity contribution in [2.45, 2.75) is 24.2 Å². The summed E-state index contributed by atoms with van der Waals surface area (Å²) in [5.74, 6) is 1.67. The van der Waals surface area contributed by atoms with Crippen molar-refractivity contribution in [1.29, 1.82) is 0 Å². The van der Waals surface area contributed by atoms with E-state index in [2.05, 4.69) is 23.1 Å². The number of phenols is 1. The maximum Gasteiger partial charge on any atom is 0.169 e. The first-order chi connectivity index (χ1) is 17.2. The number of aromatic hydroxyl groups is 1. The molecule has 5 rings (SSSR count). The highest BCUT2D eigenvalue weighted by Gasteiger charge is 2.16. The first-order valence-corrected chi connectivity index (χ1v) is 13.4. The fourth-order valence-electron chi connectivity index (χ4n) is 4.26. The van der Waals surface area contributed by atoms with Gasteiger partial charge in [-0.05, 0) is 73.8 Å². The van der Waals surface area contributed by atoms with Crippen molar-refractivity contribution in [2.75, 3.05) is 33.4 Å². The molecular weight excluding hydrogens is 514 g/mol. The number of methoxy groups -OCH3 is 1. The van der Waals surface area contributed by atoms with Crippen LogP contribution in [-0.2, 0) is 4.18 Å². The molecule has 0 atom stereocenters. The number of phenolic OH excluding ortho intramolecular Hbond substituents is 1. The van der Waals surface area contributed by atoms with Gasteiger partial charge in [0.25, 0.3) is 0 Å². The van der Waals surface area contributed by atoms with Gasteiger partial charge in [0, 0.05) is 44.7 Å². The van der Waals surface area contributed by atoms with E-state index in [4.69, 9.17) is 13.7 Å². The van der Waals surface area contributed by atoms with Gasteiger partial charge in [0.2, 0.25) is 0 Å². The van der Waals surface area contributed by atoms with Crippen LogP contribution in [0.15, 0.2) is 71.6 Å². The fraction of sp³-hybridized carbons (Fsp3) is 0.286. The highest BCUT2D eigenvalue weighted by atomic mass is 35.5. The van der Waals surface area contributed by atoms with E-state index >= 15 is 0 Å². The molecular formula is C28H30ClNO4S2. The quantitative estimate of drug-likeness (QED) is 0.170. The third-order valence-corrected chi connectivity index (χ3v) is 8.02. The number of benzene rings is 3. The second kappa shape index (κ2) is 12.7.